The zero-order valence-corrected chi connectivity index (χ0v) is 16.5. The van der Waals surface area contributed by atoms with E-state index in [9.17, 15) is 9.59 Å². The summed E-state index contributed by atoms with van der Waals surface area (Å²) in [7, 11) is 0. The van der Waals surface area contributed by atoms with Gasteiger partial charge in [0, 0.05) is 36.3 Å². The van der Waals surface area contributed by atoms with Crippen LogP contribution in [-0.4, -0.2) is 48.9 Å². The van der Waals surface area contributed by atoms with E-state index in [-0.39, 0.29) is 24.2 Å². The molecule has 6 heteroatoms. The van der Waals surface area contributed by atoms with Crippen LogP contribution in [0, 0.1) is 11.8 Å². The van der Waals surface area contributed by atoms with E-state index in [2.05, 4.69) is 10.2 Å². The summed E-state index contributed by atoms with van der Waals surface area (Å²) in [6.07, 6.45) is 6.56. The third kappa shape index (κ3) is 4.14. The van der Waals surface area contributed by atoms with Crippen LogP contribution in [0.4, 0.5) is 5.69 Å². The van der Waals surface area contributed by atoms with Crippen molar-refractivity contribution in [3.8, 4) is 0 Å². The van der Waals surface area contributed by atoms with Crippen molar-refractivity contribution >= 4 is 29.1 Å². The van der Waals surface area contributed by atoms with Crippen molar-refractivity contribution < 1.29 is 9.59 Å². The molecule has 4 rings (SSSR count). The zero-order valence-electron chi connectivity index (χ0n) is 15.7. The van der Waals surface area contributed by atoms with Gasteiger partial charge in [-0.15, -0.1) is 0 Å². The lowest BCUT2D eigenvalue weighted by molar-refractivity contribution is -0.126. The molecule has 0 unspecified atom stereocenters. The summed E-state index contributed by atoms with van der Waals surface area (Å²) in [4.78, 5) is 29.4. The molecule has 0 bridgehead atoms. The Morgan fingerprint density at radius 1 is 1.19 bits per heavy atom. The summed E-state index contributed by atoms with van der Waals surface area (Å²) >= 11 is 6.04. The number of carbonyl (C=O) groups excluding carboxylic acids is 2. The number of nitrogens with one attached hydrogen (secondary N) is 1. The predicted octanol–water partition coefficient (Wildman–Crippen LogP) is 3.07. The van der Waals surface area contributed by atoms with Crippen molar-refractivity contribution in [1.29, 1.82) is 0 Å². The minimum Gasteiger partial charge on any atom is -0.355 e. The van der Waals surface area contributed by atoms with Gasteiger partial charge in [-0.3, -0.25) is 9.59 Å². The Hall–Kier alpha value is -1.59. The molecule has 1 aromatic rings. The topological polar surface area (TPSA) is 52.7 Å². The van der Waals surface area contributed by atoms with Crippen molar-refractivity contribution in [2.75, 3.05) is 31.1 Å². The number of halogens is 1. The molecule has 3 aliphatic heterocycles. The first-order chi connectivity index (χ1) is 13.1. The van der Waals surface area contributed by atoms with Gasteiger partial charge in [0.25, 0.3) is 0 Å². The Morgan fingerprint density at radius 3 is 2.89 bits per heavy atom. The van der Waals surface area contributed by atoms with Gasteiger partial charge in [-0.25, -0.2) is 0 Å². The number of nitrogens with zero attached hydrogens (tertiary/aromatic N) is 2. The Balaban J connectivity index is 1.33. The molecule has 2 amide bonds. The highest BCUT2D eigenvalue weighted by molar-refractivity contribution is 6.30. The fraction of sp³-hybridized carbons (Fsp3) is 0.619. The van der Waals surface area contributed by atoms with E-state index in [1.54, 1.807) is 17.0 Å². The van der Waals surface area contributed by atoms with Crippen LogP contribution < -0.4 is 10.2 Å². The number of piperidine rings is 2. The maximum atomic E-state index is 12.7. The number of carbonyl (C=O) groups is 2. The van der Waals surface area contributed by atoms with Crippen LogP contribution in [0.1, 0.15) is 38.5 Å². The van der Waals surface area contributed by atoms with Gasteiger partial charge in [0.05, 0.1) is 5.92 Å². The molecule has 27 heavy (non-hydrogen) atoms. The molecule has 3 heterocycles. The van der Waals surface area contributed by atoms with Crippen LogP contribution in [0.2, 0.25) is 5.02 Å². The van der Waals surface area contributed by atoms with Gasteiger partial charge in [0.2, 0.25) is 11.8 Å². The molecule has 0 spiro atoms. The Labute approximate surface area is 166 Å². The second-order valence-electron chi connectivity index (χ2n) is 8.13. The van der Waals surface area contributed by atoms with Gasteiger partial charge < -0.3 is 15.1 Å². The maximum Gasteiger partial charge on any atom is 0.227 e. The van der Waals surface area contributed by atoms with E-state index in [0.717, 1.165) is 12.2 Å². The summed E-state index contributed by atoms with van der Waals surface area (Å²) in [5.74, 6) is 0.279. The standard InChI is InChI=1S/C21H28ClN3O2/c22-17-6-3-7-18(12-17)25-14-16(11-20(25)26)21(27)23-13-15-5-4-10-24-9-2-1-8-19(15)24/h3,6-7,12,15-16,19H,1-2,4-5,8-11,13-14H2,(H,23,27)/t15-,16+,19+/m0/s1. The average molecular weight is 390 g/mol. The highest BCUT2D eigenvalue weighted by Gasteiger charge is 2.37. The number of amides is 2. The third-order valence-corrected chi connectivity index (χ3v) is 6.62. The highest BCUT2D eigenvalue weighted by Crippen LogP contribution is 2.31. The second kappa shape index (κ2) is 8.19. The largest absolute Gasteiger partial charge is 0.355 e. The van der Waals surface area contributed by atoms with Crippen LogP contribution in [-0.2, 0) is 9.59 Å². The monoisotopic (exact) mass is 389 g/mol. The predicted molar refractivity (Wildman–Crippen MR) is 107 cm³/mol. The first-order valence-electron chi connectivity index (χ1n) is 10.2. The maximum absolute atomic E-state index is 12.7. The molecule has 0 radical (unpaired) electrons. The lowest BCUT2D eigenvalue weighted by Crippen LogP contribution is -2.51. The van der Waals surface area contributed by atoms with E-state index in [1.807, 2.05) is 12.1 Å². The minimum absolute atomic E-state index is 0.00598. The average Bonchev–Trinajstić information content (AvgIpc) is 3.08. The molecule has 0 aliphatic carbocycles. The number of benzene rings is 1. The minimum atomic E-state index is -0.275. The van der Waals surface area contributed by atoms with E-state index in [0.29, 0.717) is 23.5 Å². The van der Waals surface area contributed by atoms with Crippen LogP contribution in [0.25, 0.3) is 0 Å². The van der Waals surface area contributed by atoms with Gasteiger partial charge in [0.15, 0.2) is 0 Å². The molecule has 3 atom stereocenters. The molecule has 5 nitrogen and oxygen atoms in total. The van der Waals surface area contributed by atoms with Crippen molar-refractivity contribution in [1.82, 2.24) is 10.2 Å². The molecule has 1 aromatic carbocycles. The number of hydrogen-bond donors (Lipinski definition) is 1. The van der Waals surface area contributed by atoms with Crippen molar-refractivity contribution in [2.45, 2.75) is 44.6 Å². The van der Waals surface area contributed by atoms with Gasteiger partial charge in [-0.1, -0.05) is 24.1 Å². The van der Waals surface area contributed by atoms with Gasteiger partial charge in [-0.2, -0.15) is 0 Å². The SMILES string of the molecule is O=C(NC[C@@H]1CCCN2CCCC[C@H]12)[C@@H]1CC(=O)N(c2cccc(Cl)c2)C1. The number of fused-ring (bicyclic) bond motifs is 1. The smallest absolute Gasteiger partial charge is 0.227 e. The Bertz CT molecular complexity index is 708. The fourth-order valence-corrected chi connectivity index (χ4v) is 5.15. The van der Waals surface area contributed by atoms with Gasteiger partial charge in [0.1, 0.15) is 0 Å². The van der Waals surface area contributed by atoms with Crippen molar-refractivity contribution in [2.24, 2.45) is 11.8 Å². The molecule has 0 saturated carbocycles. The molecular formula is C21H28ClN3O2. The van der Waals surface area contributed by atoms with Crippen molar-refractivity contribution in [3.63, 3.8) is 0 Å². The first kappa shape index (κ1) is 18.8. The lowest BCUT2D eigenvalue weighted by atomic mass is 9.83. The van der Waals surface area contributed by atoms with Gasteiger partial charge >= 0.3 is 0 Å². The summed E-state index contributed by atoms with van der Waals surface area (Å²) < 4.78 is 0. The molecule has 3 saturated heterocycles. The third-order valence-electron chi connectivity index (χ3n) is 6.38. The molecule has 3 fully saturated rings. The second-order valence-corrected chi connectivity index (χ2v) is 8.57. The summed E-state index contributed by atoms with van der Waals surface area (Å²) in [5.41, 5.74) is 0.771. The molecule has 0 aromatic heterocycles. The Kier molecular flexibility index (Phi) is 5.69. The van der Waals surface area contributed by atoms with Gasteiger partial charge in [-0.05, 0) is 62.9 Å². The number of anilines is 1. The molecule has 3 aliphatic rings. The van der Waals surface area contributed by atoms with E-state index >= 15 is 0 Å². The highest BCUT2D eigenvalue weighted by atomic mass is 35.5. The summed E-state index contributed by atoms with van der Waals surface area (Å²) in [5, 5.41) is 3.76. The number of rotatable bonds is 4. The molecule has 146 valence electrons. The Morgan fingerprint density at radius 2 is 2.04 bits per heavy atom. The summed E-state index contributed by atoms with van der Waals surface area (Å²) in [6, 6.07) is 7.88. The van der Waals surface area contributed by atoms with Crippen LogP contribution in [0.15, 0.2) is 24.3 Å². The van der Waals surface area contributed by atoms with Crippen LogP contribution in [0.3, 0.4) is 0 Å². The van der Waals surface area contributed by atoms with Crippen molar-refractivity contribution in [3.05, 3.63) is 29.3 Å². The molecular weight excluding hydrogens is 362 g/mol. The summed E-state index contributed by atoms with van der Waals surface area (Å²) in [6.45, 7) is 3.59. The normalized spacial score (nSPS) is 28.9. The van der Waals surface area contributed by atoms with Crippen LogP contribution in [0.5, 0.6) is 0 Å². The first-order valence-corrected chi connectivity index (χ1v) is 10.6. The lowest BCUT2D eigenvalue weighted by Gasteiger charge is -2.44. The van der Waals surface area contributed by atoms with E-state index in [4.69, 9.17) is 11.6 Å². The van der Waals surface area contributed by atoms with E-state index in [1.165, 1.54) is 45.2 Å². The molecule has 1 N–H and O–H groups in total. The zero-order chi connectivity index (χ0) is 18.8. The fourth-order valence-electron chi connectivity index (χ4n) is 4.97. The van der Waals surface area contributed by atoms with E-state index < -0.39 is 0 Å². The number of hydrogen-bond acceptors (Lipinski definition) is 3. The van der Waals surface area contributed by atoms with Crippen LogP contribution >= 0.6 is 11.6 Å². The quantitative estimate of drug-likeness (QED) is 0.861.